The van der Waals surface area contributed by atoms with Crippen LogP contribution in [0.1, 0.15) is 22.1 Å². The monoisotopic (exact) mass is 247 g/mol. The predicted molar refractivity (Wildman–Crippen MR) is 69.7 cm³/mol. The second kappa shape index (κ2) is 5.19. The summed E-state index contributed by atoms with van der Waals surface area (Å²) in [5.74, 6) is 0.879. The molecule has 0 saturated carbocycles. The maximum absolute atomic E-state index is 6.42. The van der Waals surface area contributed by atoms with Crippen LogP contribution in [0, 0.1) is 6.92 Å². The van der Waals surface area contributed by atoms with Crippen molar-refractivity contribution in [2.45, 2.75) is 12.3 Å². The Balaban J connectivity index is 2.32. The van der Waals surface area contributed by atoms with Gasteiger partial charge in [-0.15, -0.1) is 11.6 Å². The zero-order chi connectivity index (χ0) is 12.3. The molecule has 17 heavy (non-hydrogen) atoms. The van der Waals surface area contributed by atoms with Gasteiger partial charge in [0.1, 0.15) is 5.75 Å². The molecular weight excluding hydrogens is 234 g/mol. The summed E-state index contributed by atoms with van der Waals surface area (Å²) in [6.45, 7) is 2.01. The van der Waals surface area contributed by atoms with Crippen molar-refractivity contribution < 1.29 is 4.74 Å². The van der Waals surface area contributed by atoms with E-state index in [0.717, 1.165) is 22.4 Å². The van der Waals surface area contributed by atoms with Crippen molar-refractivity contribution in [3.8, 4) is 5.75 Å². The standard InChI is InChI=1S/C14H14ClNO/c1-10-8-11(5-6-13(10)17-2)14(15)12-4-3-7-16-9-12/h3-9,14H,1-2H3. The molecule has 2 rings (SSSR count). The number of aryl methyl sites for hydroxylation is 1. The lowest BCUT2D eigenvalue weighted by Gasteiger charge is -2.12. The molecule has 0 amide bonds. The molecule has 2 aromatic rings. The average Bonchev–Trinajstić information content (AvgIpc) is 2.39. The lowest BCUT2D eigenvalue weighted by molar-refractivity contribution is 0.411. The minimum Gasteiger partial charge on any atom is -0.496 e. The molecule has 0 spiro atoms. The summed E-state index contributed by atoms with van der Waals surface area (Å²) in [6, 6.07) is 9.84. The molecule has 2 nitrogen and oxygen atoms in total. The minimum absolute atomic E-state index is 0.173. The Kier molecular flexibility index (Phi) is 3.64. The molecule has 0 bridgehead atoms. The van der Waals surface area contributed by atoms with Crippen molar-refractivity contribution in [3.05, 3.63) is 59.4 Å². The number of hydrogen-bond donors (Lipinski definition) is 0. The fraction of sp³-hybridized carbons (Fsp3) is 0.214. The van der Waals surface area contributed by atoms with E-state index in [-0.39, 0.29) is 5.38 Å². The molecule has 0 aliphatic carbocycles. The molecular formula is C14H14ClNO. The van der Waals surface area contributed by atoms with E-state index in [1.165, 1.54) is 0 Å². The van der Waals surface area contributed by atoms with Crippen LogP contribution in [0.2, 0.25) is 0 Å². The maximum Gasteiger partial charge on any atom is 0.121 e. The zero-order valence-corrected chi connectivity index (χ0v) is 10.6. The van der Waals surface area contributed by atoms with Crippen LogP contribution in [0.4, 0.5) is 0 Å². The molecule has 0 aliphatic heterocycles. The predicted octanol–water partition coefficient (Wildman–Crippen LogP) is 3.73. The van der Waals surface area contributed by atoms with Gasteiger partial charge in [0, 0.05) is 12.4 Å². The Morgan fingerprint density at radius 1 is 1.24 bits per heavy atom. The maximum atomic E-state index is 6.42. The van der Waals surface area contributed by atoms with Crippen LogP contribution in [-0.4, -0.2) is 12.1 Å². The van der Waals surface area contributed by atoms with E-state index >= 15 is 0 Å². The number of ether oxygens (including phenoxy) is 1. The Morgan fingerprint density at radius 3 is 2.65 bits per heavy atom. The van der Waals surface area contributed by atoms with Crippen LogP contribution in [0.3, 0.4) is 0 Å². The van der Waals surface area contributed by atoms with Crippen molar-refractivity contribution in [1.82, 2.24) is 4.98 Å². The number of hydrogen-bond acceptors (Lipinski definition) is 2. The highest BCUT2D eigenvalue weighted by Crippen LogP contribution is 2.30. The number of pyridine rings is 1. The van der Waals surface area contributed by atoms with Gasteiger partial charge in [-0.05, 0) is 35.7 Å². The van der Waals surface area contributed by atoms with Crippen molar-refractivity contribution in [1.29, 1.82) is 0 Å². The fourth-order valence-electron chi connectivity index (χ4n) is 1.78. The Bertz CT molecular complexity index is 499. The van der Waals surface area contributed by atoms with Gasteiger partial charge in [-0.25, -0.2) is 0 Å². The van der Waals surface area contributed by atoms with Crippen LogP contribution >= 0.6 is 11.6 Å². The van der Waals surface area contributed by atoms with Gasteiger partial charge in [0.05, 0.1) is 12.5 Å². The first kappa shape index (κ1) is 11.9. The zero-order valence-electron chi connectivity index (χ0n) is 9.85. The Morgan fingerprint density at radius 2 is 2.06 bits per heavy atom. The highest BCUT2D eigenvalue weighted by atomic mass is 35.5. The smallest absolute Gasteiger partial charge is 0.121 e. The van der Waals surface area contributed by atoms with Crippen molar-refractivity contribution in [2.75, 3.05) is 7.11 Å². The van der Waals surface area contributed by atoms with E-state index in [0.29, 0.717) is 0 Å². The molecule has 88 valence electrons. The van der Waals surface area contributed by atoms with E-state index in [9.17, 15) is 0 Å². The fourth-order valence-corrected chi connectivity index (χ4v) is 2.04. The number of benzene rings is 1. The second-order valence-electron chi connectivity index (χ2n) is 3.88. The topological polar surface area (TPSA) is 22.1 Å². The van der Waals surface area contributed by atoms with Crippen LogP contribution in [0.15, 0.2) is 42.7 Å². The molecule has 1 aromatic carbocycles. The third kappa shape index (κ3) is 2.59. The van der Waals surface area contributed by atoms with E-state index in [4.69, 9.17) is 16.3 Å². The summed E-state index contributed by atoms with van der Waals surface area (Å²) in [6.07, 6.45) is 3.53. The summed E-state index contributed by atoms with van der Waals surface area (Å²) >= 11 is 6.42. The van der Waals surface area contributed by atoms with Gasteiger partial charge >= 0.3 is 0 Å². The van der Waals surface area contributed by atoms with Crippen LogP contribution in [0.5, 0.6) is 5.75 Å². The number of nitrogens with zero attached hydrogens (tertiary/aromatic N) is 1. The molecule has 0 fully saturated rings. The van der Waals surface area contributed by atoms with Crippen LogP contribution in [0.25, 0.3) is 0 Å². The van der Waals surface area contributed by atoms with E-state index in [1.807, 2.05) is 37.3 Å². The SMILES string of the molecule is COc1ccc(C(Cl)c2cccnc2)cc1C. The molecule has 3 heteroatoms. The van der Waals surface area contributed by atoms with Gasteiger partial charge in [-0.2, -0.15) is 0 Å². The third-order valence-electron chi connectivity index (χ3n) is 2.69. The average molecular weight is 248 g/mol. The minimum atomic E-state index is -0.173. The number of aromatic nitrogens is 1. The van der Waals surface area contributed by atoms with Gasteiger partial charge in [0.15, 0.2) is 0 Å². The first-order valence-electron chi connectivity index (χ1n) is 5.41. The van der Waals surface area contributed by atoms with E-state index in [1.54, 1.807) is 19.5 Å². The van der Waals surface area contributed by atoms with Gasteiger partial charge in [0.2, 0.25) is 0 Å². The van der Waals surface area contributed by atoms with Gasteiger partial charge < -0.3 is 4.74 Å². The summed E-state index contributed by atoms with van der Waals surface area (Å²) in [7, 11) is 1.67. The molecule has 1 heterocycles. The highest BCUT2D eigenvalue weighted by Gasteiger charge is 2.11. The number of alkyl halides is 1. The first-order valence-corrected chi connectivity index (χ1v) is 5.84. The van der Waals surface area contributed by atoms with Crippen molar-refractivity contribution >= 4 is 11.6 Å². The molecule has 1 atom stereocenters. The molecule has 1 aromatic heterocycles. The second-order valence-corrected chi connectivity index (χ2v) is 4.31. The molecule has 1 unspecified atom stereocenters. The Hall–Kier alpha value is -1.54. The van der Waals surface area contributed by atoms with Crippen molar-refractivity contribution in [2.24, 2.45) is 0 Å². The lowest BCUT2D eigenvalue weighted by Crippen LogP contribution is -1.95. The first-order chi connectivity index (χ1) is 8.22. The summed E-state index contributed by atoms with van der Waals surface area (Å²) < 4.78 is 5.23. The third-order valence-corrected chi connectivity index (χ3v) is 3.19. The Labute approximate surface area is 106 Å². The summed E-state index contributed by atoms with van der Waals surface area (Å²) in [5, 5.41) is -0.173. The number of rotatable bonds is 3. The van der Waals surface area contributed by atoms with Gasteiger partial charge in [0.25, 0.3) is 0 Å². The largest absolute Gasteiger partial charge is 0.496 e. The quantitative estimate of drug-likeness (QED) is 0.771. The van der Waals surface area contributed by atoms with E-state index in [2.05, 4.69) is 4.98 Å². The number of halogens is 1. The van der Waals surface area contributed by atoms with Gasteiger partial charge in [-0.1, -0.05) is 18.2 Å². The van der Waals surface area contributed by atoms with Crippen molar-refractivity contribution in [3.63, 3.8) is 0 Å². The van der Waals surface area contributed by atoms with Crippen LogP contribution < -0.4 is 4.74 Å². The number of methoxy groups -OCH3 is 1. The lowest BCUT2D eigenvalue weighted by atomic mass is 10.0. The summed E-state index contributed by atoms with van der Waals surface area (Å²) in [5.41, 5.74) is 3.14. The van der Waals surface area contributed by atoms with Gasteiger partial charge in [-0.3, -0.25) is 4.98 Å². The van der Waals surface area contributed by atoms with Crippen LogP contribution in [-0.2, 0) is 0 Å². The summed E-state index contributed by atoms with van der Waals surface area (Å²) in [4.78, 5) is 4.08. The molecule has 0 saturated heterocycles. The molecule has 0 radical (unpaired) electrons. The molecule has 0 aliphatic rings. The highest BCUT2D eigenvalue weighted by molar-refractivity contribution is 6.22. The normalized spacial score (nSPS) is 12.2. The molecule has 0 N–H and O–H groups in total. The van der Waals surface area contributed by atoms with E-state index < -0.39 is 0 Å².